The highest BCUT2D eigenvalue weighted by Crippen LogP contribution is 2.27. The van der Waals surface area contributed by atoms with Gasteiger partial charge in [-0.05, 0) is 68.0 Å². The van der Waals surface area contributed by atoms with Gasteiger partial charge in [0, 0.05) is 16.3 Å². The fourth-order valence-corrected chi connectivity index (χ4v) is 3.09. The molecule has 0 spiro atoms. The Kier molecular flexibility index (Phi) is 7.91. The minimum absolute atomic E-state index is 0.0682. The lowest BCUT2D eigenvalue weighted by atomic mass is 10.1. The van der Waals surface area contributed by atoms with E-state index in [1.165, 1.54) is 11.6 Å². The molecular weight excluding hydrogens is 424 g/mol. The molecule has 0 aliphatic heterocycles. The number of nitrogens with zero attached hydrogens (tertiary/aromatic N) is 1. The number of benzene rings is 3. The maximum Gasteiger partial charge on any atom is 0.266 e. The average molecular weight is 447 g/mol. The molecule has 1 N–H and O–H groups in total. The van der Waals surface area contributed by atoms with E-state index in [4.69, 9.17) is 21.1 Å². The number of ether oxygens (including phenoxy) is 2. The van der Waals surface area contributed by atoms with Gasteiger partial charge in [0.05, 0.1) is 6.61 Å². The van der Waals surface area contributed by atoms with Crippen molar-refractivity contribution in [3.63, 3.8) is 0 Å². The zero-order chi connectivity index (χ0) is 22.9. The molecule has 0 saturated heterocycles. The van der Waals surface area contributed by atoms with Crippen molar-refractivity contribution < 1.29 is 14.3 Å². The third-order valence-corrected chi connectivity index (χ3v) is 4.81. The summed E-state index contributed by atoms with van der Waals surface area (Å²) < 4.78 is 11.3. The molecule has 0 heterocycles. The lowest BCUT2D eigenvalue weighted by Crippen LogP contribution is -2.13. The SMILES string of the molecule is CCOc1ccc(NC(=O)/C(C#N)=C/c2cc(Cl)ccc2OCc2ccc(C)cc2)cc1. The predicted octanol–water partition coefficient (Wildman–Crippen LogP) is 6.17. The molecule has 0 saturated carbocycles. The molecule has 0 radical (unpaired) electrons. The Bertz CT molecular complexity index is 1150. The molecule has 162 valence electrons. The summed E-state index contributed by atoms with van der Waals surface area (Å²) in [5.74, 6) is 0.702. The van der Waals surface area contributed by atoms with E-state index in [0.717, 1.165) is 5.56 Å². The number of hydrogen-bond acceptors (Lipinski definition) is 4. The molecule has 0 unspecified atom stereocenters. The van der Waals surface area contributed by atoms with Crippen molar-refractivity contribution in [2.75, 3.05) is 11.9 Å². The molecule has 6 heteroatoms. The van der Waals surface area contributed by atoms with Crippen LogP contribution in [0.1, 0.15) is 23.6 Å². The molecular formula is C26H23ClN2O3. The Balaban J connectivity index is 1.77. The van der Waals surface area contributed by atoms with Crippen LogP contribution in [-0.4, -0.2) is 12.5 Å². The monoisotopic (exact) mass is 446 g/mol. The number of nitrogens with one attached hydrogen (secondary N) is 1. The molecule has 3 rings (SSSR count). The third-order valence-electron chi connectivity index (χ3n) is 4.57. The Labute approximate surface area is 192 Å². The van der Waals surface area contributed by atoms with Gasteiger partial charge in [0.15, 0.2) is 0 Å². The first kappa shape index (κ1) is 22.9. The second-order valence-electron chi connectivity index (χ2n) is 7.04. The normalized spacial score (nSPS) is 10.9. The number of carbonyl (C=O) groups is 1. The van der Waals surface area contributed by atoms with Crippen LogP contribution in [0.25, 0.3) is 6.08 Å². The van der Waals surface area contributed by atoms with Gasteiger partial charge in [-0.15, -0.1) is 0 Å². The van der Waals surface area contributed by atoms with Crippen molar-refractivity contribution in [3.05, 3.63) is 94.0 Å². The molecule has 0 aliphatic rings. The lowest BCUT2D eigenvalue weighted by molar-refractivity contribution is -0.112. The number of nitriles is 1. The summed E-state index contributed by atoms with van der Waals surface area (Å²) in [6.45, 7) is 4.83. The molecule has 0 aliphatic carbocycles. The molecule has 0 atom stereocenters. The largest absolute Gasteiger partial charge is 0.494 e. The molecule has 1 amide bonds. The topological polar surface area (TPSA) is 71.3 Å². The Morgan fingerprint density at radius 2 is 1.78 bits per heavy atom. The highest BCUT2D eigenvalue weighted by atomic mass is 35.5. The van der Waals surface area contributed by atoms with Crippen LogP contribution in [0.3, 0.4) is 0 Å². The van der Waals surface area contributed by atoms with Crippen molar-refractivity contribution >= 4 is 29.3 Å². The fraction of sp³-hybridized carbons (Fsp3) is 0.154. The highest BCUT2D eigenvalue weighted by Gasteiger charge is 2.12. The van der Waals surface area contributed by atoms with Gasteiger partial charge in [0.1, 0.15) is 29.7 Å². The van der Waals surface area contributed by atoms with Gasteiger partial charge < -0.3 is 14.8 Å². The summed E-state index contributed by atoms with van der Waals surface area (Å²) in [4.78, 5) is 12.7. The molecule has 0 bridgehead atoms. The summed E-state index contributed by atoms with van der Waals surface area (Å²) in [6, 6.07) is 22.0. The number of carbonyl (C=O) groups excluding carboxylic acids is 1. The summed E-state index contributed by atoms with van der Waals surface area (Å²) in [5, 5.41) is 12.8. The number of hydrogen-bond donors (Lipinski definition) is 1. The molecule has 3 aromatic rings. The lowest BCUT2D eigenvalue weighted by Gasteiger charge is -2.11. The maximum absolute atomic E-state index is 12.7. The van der Waals surface area contributed by atoms with Gasteiger partial charge in [-0.1, -0.05) is 41.4 Å². The zero-order valence-electron chi connectivity index (χ0n) is 17.9. The first-order valence-electron chi connectivity index (χ1n) is 10.1. The smallest absolute Gasteiger partial charge is 0.266 e. The number of halogens is 1. The Morgan fingerprint density at radius 3 is 2.44 bits per heavy atom. The Morgan fingerprint density at radius 1 is 1.06 bits per heavy atom. The molecule has 32 heavy (non-hydrogen) atoms. The van der Waals surface area contributed by atoms with E-state index >= 15 is 0 Å². The second kappa shape index (κ2) is 11.0. The molecule has 0 aromatic heterocycles. The summed E-state index contributed by atoms with van der Waals surface area (Å²) >= 11 is 6.15. The summed E-state index contributed by atoms with van der Waals surface area (Å²) in [5.41, 5.74) is 3.21. The summed E-state index contributed by atoms with van der Waals surface area (Å²) in [7, 11) is 0. The van der Waals surface area contributed by atoms with E-state index in [0.29, 0.717) is 41.0 Å². The second-order valence-corrected chi connectivity index (χ2v) is 7.47. The van der Waals surface area contributed by atoms with Gasteiger partial charge in [-0.25, -0.2) is 0 Å². The average Bonchev–Trinajstić information content (AvgIpc) is 2.79. The number of amides is 1. The van der Waals surface area contributed by atoms with E-state index in [1.807, 2.05) is 44.2 Å². The van der Waals surface area contributed by atoms with Crippen LogP contribution in [0.2, 0.25) is 5.02 Å². The van der Waals surface area contributed by atoms with Crippen LogP contribution >= 0.6 is 11.6 Å². The molecule has 5 nitrogen and oxygen atoms in total. The number of rotatable bonds is 8. The van der Waals surface area contributed by atoms with Gasteiger partial charge in [0.25, 0.3) is 5.91 Å². The number of aryl methyl sites for hydroxylation is 1. The zero-order valence-corrected chi connectivity index (χ0v) is 18.6. The van der Waals surface area contributed by atoms with Crippen LogP contribution in [0, 0.1) is 18.3 Å². The van der Waals surface area contributed by atoms with E-state index in [2.05, 4.69) is 5.32 Å². The van der Waals surface area contributed by atoms with Crippen LogP contribution < -0.4 is 14.8 Å². The van der Waals surface area contributed by atoms with Crippen LogP contribution in [0.15, 0.2) is 72.3 Å². The van der Waals surface area contributed by atoms with Crippen LogP contribution in [0.4, 0.5) is 5.69 Å². The maximum atomic E-state index is 12.7. The van der Waals surface area contributed by atoms with Crippen molar-refractivity contribution in [3.8, 4) is 17.6 Å². The molecule has 0 fully saturated rings. The first-order valence-corrected chi connectivity index (χ1v) is 10.5. The van der Waals surface area contributed by atoms with Crippen molar-refractivity contribution in [2.24, 2.45) is 0 Å². The number of anilines is 1. The predicted molar refractivity (Wildman–Crippen MR) is 127 cm³/mol. The van der Waals surface area contributed by atoms with Crippen LogP contribution in [0.5, 0.6) is 11.5 Å². The molecule has 3 aromatic carbocycles. The van der Waals surface area contributed by atoms with E-state index < -0.39 is 5.91 Å². The minimum atomic E-state index is -0.527. The van der Waals surface area contributed by atoms with Crippen molar-refractivity contribution in [2.45, 2.75) is 20.5 Å². The highest BCUT2D eigenvalue weighted by molar-refractivity contribution is 6.30. The summed E-state index contributed by atoms with van der Waals surface area (Å²) in [6.07, 6.45) is 1.47. The van der Waals surface area contributed by atoms with E-state index in [1.54, 1.807) is 42.5 Å². The van der Waals surface area contributed by atoms with E-state index in [-0.39, 0.29) is 5.57 Å². The van der Waals surface area contributed by atoms with Crippen LogP contribution in [-0.2, 0) is 11.4 Å². The first-order chi connectivity index (χ1) is 15.5. The van der Waals surface area contributed by atoms with Gasteiger partial charge in [0.2, 0.25) is 0 Å². The Hall–Kier alpha value is -3.75. The van der Waals surface area contributed by atoms with Crippen molar-refractivity contribution in [1.29, 1.82) is 5.26 Å². The van der Waals surface area contributed by atoms with Gasteiger partial charge >= 0.3 is 0 Å². The quantitative estimate of drug-likeness (QED) is 0.331. The van der Waals surface area contributed by atoms with E-state index in [9.17, 15) is 10.1 Å². The third kappa shape index (κ3) is 6.37. The van der Waals surface area contributed by atoms with Gasteiger partial charge in [-0.3, -0.25) is 4.79 Å². The standard InChI is InChI=1S/C26H23ClN2O3/c1-3-31-24-11-9-23(10-12-24)29-26(30)21(16-28)14-20-15-22(27)8-13-25(20)32-17-19-6-4-18(2)5-7-19/h4-15H,3,17H2,1-2H3,(H,29,30)/b21-14+. The minimum Gasteiger partial charge on any atom is -0.494 e. The van der Waals surface area contributed by atoms with Crippen molar-refractivity contribution in [1.82, 2.24) is 0 Å². The van der Waals surface area contributed by atoms with Gasteiger partial charge in [-0.2, -0.15) is 5.26 Å². The fourth-order valence-electron chi connectivity index (χ4n) is 2.91.